The van der Waals surface area contributed by atoms with Crippen molar-refractivity contribution in [2.75, 3.05) is 27.3 Å². The molecule has 4 rings (SSSR count). The lowest BCUT2D eigenvalue weighted by molar-refractivity contribution is -0.149. The molecule has 14 heteroatoms. The van der Waals surface area contributed by atoms with Crippen LogP contribution in [0.2, 0.25) is 0 Å². The number of methoxy groups -OCH3 is 2. The first kappa shape index (κ1) is 33.9. The molecule has 1 heterocycles. The minimum atomic E-state index is -4.21. The molecule has 13 nitrogen and oxygen atoms in total. The number of hydrogen-bond acceptors (Lipinski definition) is 10. The average molecular weight is 653 g/mol. The Morgan fingerprint density at radius 3 is 2.15 bits per heavy atom. The minimum absolute atomic E-state index is 0.0552. The van der Waals surface area contributed by atoms with Gasteiger partial charge in [0.2, 0.25) is 0 Å². The lowest BCUT2D eigenvalue weighted by Crippen LogP contribution is -2.33. The van der Waals surface area contributed by atoms with E-state index in [4.69, 9.17) is 14.2 Å². The van der Waals surface area contributed by atoms with Crippen LogP contribution in [-0.2, 0) is 26.0 Å². The number of carbonyl (C=O) groups is 4. The first-order chi connectivity index (χ1) is 22.1. The molecule has 1 aromatic heterocycles. The molecule has 1 aliphatic carbocycles. The largest absolute Gasteiger partial charge is 0.493 e. The number of benzene rings is 2. The maximum Gasteiger partial charge on any atom is 0.325 e. The van der Waals surface area contributed by atoms with Crippen LogP contribution >= 0.6 is 0 Å². The van der Waals surface area contributed by atoms with E-state index in [2.05, 4.69) is 15.6 Å². The Morgan fingerprint density at radius 1 is 0.804 bits per heavy atom. The third kappa shape index (κ3) is 9.27. The van der Waals surface area contributed by atoms with Crippen molar-refractivity contribution < 1.29 is 41.8 Å². The van der Waals surface area contributed by atoms with Crippen molar-refractivity contribution >= 4 is 33.7 Å². The molecule has 46 heavy (non-hydrogen) atoms. The van der Waals surface area contributed by atoms with Crippen LogP contribution in [0.15, 0.2) is 65.7 Å². The van der Waals surface area contributed by atoms with Crippen LogP contribution in [0.5, 0.6) is 11.5 Å². The molecule has 2 aromatic carbocycles. The van der Waals surface area contributed by atoms with Gasteiger partial charge in [-0.1, -0.05) is 18.6 Å². The summed E-state index contributed by atoms with van der Waals surface area (Å²) in [6, 6.07) is 13.2. The third-order valence-electron chi connectivity index (χ3n) is 7.31. The molecule has 3 N–H and O–H groups in total. The Morgan fingerprint density at radius 2 is 1.50 bits per heavy atom. The molecule has 1 saturated carbocycles. The summed E-state index contributed by atoms with van der Waals surface area (Å²) < 4.78 is 43.4. The van der Waals surface area contributed by atoms with E-state index >= 15 is 0 Å². The van der Waals surface area contributed by atoms with Crippen LogP contribution in [0.1, 0.15) is 68.9 Å². The molecule has 3 aromatic rings. The van der Waals surface area contributed by atoms with Crippen molar-refractivity contribution in [2.24, 2.45) is 0 Å². The topological polar surface area (TPSA) is 179 Å². The first-order valence-electron chi connectivity index (χ1n) is 14.7. The molecule has 3 amide bonds. The molecule has 244 valence electrons. The van der Waals surface area contributed by atoms with Crippen molar-refractivity contribution in [3.63, 3.8) is 0 Å². The highest BCUT2D eigenvalue weighted by Crippen LogP contribution is 2.27. The third-order valence-corrected chi connectivity index (χ3v) is 8.65. The molecule has 1 fully saturated rings. The average Bonchev–Trinajstić information content (AvgIpc) is 3.07. The molecule has 0 atom stereocenters. The molecule has 1 aliphatic rings. The molecule has 0 unspecified atom stereocenters. The van der Waals surface area contributed by atoms with Gasteiger partial charge in [0.25, 0.3) is 27.7 Å². The van der Waals surface area contributed by atoms with Crippen molar-refractivity contribution in [3.05, 3.63) is 83.2 Å². The summed E-state index contributed by atoms with van der Waals surface area (Å²) in [7, 11) is -1.23. The SMILES string of the molecule is COc1ccc(C(=O)NCCc2ccc(S(=O)(=O)NC(=O)c3ccc(C(=O)NCC(=O)OC4CCCCC4)nc3)cc2)cc1OC. The van der Waals surface area contributed by atoms with Gasteiger partial charge in [-0.3, -0.25) is 24.2 Å². The van der Waals surface area contributed by atoms with Crippen LogP contribution in [-0.4, -0.2) is 70.5 Å². The number of pyridine rings is 1. The van der Waals surface area contributed by atoms with Gasteiger partial charge in [0.05, 0.1) is 24.7 Å². The number of amides is 3. The summed E-state index contributed by atoms with van der Waals surface area (Å²) in [6.07, 6.45) is 6.14. The van der Waals surface area contributed by atoms with E-state index in [-0.39, 0.29) is 34.7 Å². The van der Waals surface area contributed by atoms with E-state index < -0.39 is 27.8 Å². The van der Waals surface area contributed by atoms with E-state index in [1.165, 1.54) is 38.5 Å². The number of nitrogens with zero attached hydrogens (tertiary/aromatic N) is 1. The Labute approximate surface area is 267 Å². The van der Waals surface area contributed by atoms with E-state index in [0.29, 0.717) is 30.0 Å². The number of nitrogens with one attached hydrogen (secondary N) is 3. The first-order valence-corrected chi connectivity index (χ1v) is 16.2. The van der Waals surface area contributed by atoms with E-state index in [9.17, 15) is 27.6 Å². The van der Waals surface area contributed by atoms with Crippen LogP contribution in [0.3, 0.4) is 0 Å². The fraction of sp³-hybridized carbons (Fsp3) is 0.344. The fourth-order valence-electron chi connectivity index (χ4n) is 4.79. The van der Waals surface area contributed by atoms with Crippen molar-refractivity contribution in [2.45, 2.75) is 49.5 Å². The molecule has 0 radical (unpaired) electrons. The van der Waals surface area contributed by atoms with Gasteiger partial charge in [-0.15, -0.1) is 0 Å². The Hall–Kier alpha value is -4.98. The zero-order chi connectivity index (χ0) is 33.1. The summed E-state index contributed by atoms with van der Waals surface area (Å²) in [5, 5.41) is 5.23. The molecule has 0 bridgehead atoms. The van der Waals surface area contributed by atoms with E-state index in [0.717, 1.165) is 43.9 Å². The number of sulfonamides is 1. The lowest BCUT2D eigenvalue weighted by Gasteiger charge is -2.21. The number of ether oxygens (including phenoxy) is 3. The lowest BCUT2D eigenvalue weighted by atomic mass is 9.98. The van der Waals surface area contributed by atoms with Gasteiger partial charge in [-0.05, 0) is 80.1 Å². The number of hydrogen-bond donors (Lipinski definition) is 3. The van der Waals surface area contributed by atoms with Crippen LogP contribution in [0.25, 0.3) is 0 Å². The summed E-state index contributed by atoms with van der Waals surface area (Å²) in [5.74, 6) is -1.48. The number of aromatic nitrogens is 1. The summed E-state index contributed by atoms with van der Waals surface area (Å²) in [6.45, 7) is -0.0220. The quantitative estimate of drug-likeness (QED) is 0.233. The Bertz CT molecular complexity index is 1650. The zero-order valence-corrected chi connectivity index (χ0v) is 26.4. The van der Waals surface area contributed by atoms with Gasteiger partial charge in [0, 0.05) is 18.3 Å². The van der Waals surface area contributed by atoms with Gasteiger partial charge in [-0.25, -0.2) is 13.1 Å². The number of rotatable bonds is 13. The second kappa shape index (κ2) is 15.8. The van der Waals surface area contributed by atoms with Crippen LogP contribution in [0, 0.1) is 0 Å². The molecular formula is C32H36N4O9S. The predicted molar refractivity (Wildman–Crippen MR) is 166 cm³/mol. The second-order valence-corrected chi connectivity index (χ2v) is 12.2. The van der Waals surface area contributed by atoms with Gasteiger partial charge in [0.1, 0.15) is 18.3 Å². The zero-order valence-electron chi connectivity index (χ0n) is 25.5. The standard InChI is InChI=1S/C32H36N4O9S/c1-43-27-15-11-22(18-28(27)44-2)30(38)33-17-16-21-8-12-25(13-9-21)46(41,42)36-31(39)23-10-14-26(34-19-23)32(40)35-20-29(37)45-24-6-4-3-5-7-24/h8-15,18-19,24H,3-7,16-17,20H2,1-2H3,(H,33,38)(H,35,40)(H,36,39). The van der Waals surface area contributed by atoms with Crippen LogP contribution in [0.4, 0.5) is 0 Å². The summed E-state index contributed by atoms with van der Waals surface area (Å²) in [4.78, 5) is 53.3. The Kier molecular flexibility index (Phi) is 11.7. The highest BCUT2D eigenvalue weighted by atomic mass is 32.2. The van der Waals surface area contributed by atoms with Crippen molar-refractivity contribution in [1.29, 1.82) is 0 Å². The van der Waals surface area contributed by atoms with Gasteiger partial charge >= 0.3 is 5.97 Å². The van der Waals surface area contributed by atoms with E-state index in [1.54, 1.807) is 30.3 Å². The van der Waals surface area contributed by atoms with Gasteiger partial charge in [-0.2, -0.15) is 0 Å². The maximum absolute atomic E-state index is 12.8. The normalized spacial score (nSPS) is 13.3. The predicted octanol–water partition coefficient (Wildman–Crippen LogP) is 2.80. The summed E-state index contributed by atoms with van der Waals surface area (Å²) >= 11 is 0. The van der Waals surface area contributed by atoms with E-state index in [1.807, 2.05) is 4.72 Å². The Balaban J connectivity index is 1.24. The molecule has 0 spiro atoms. The molecular weight excluding hydrogens is 616 g/mol. The van der Waals surface area contributed by atoms with Crippen LogP contribution < -0.4 is 24.8 Å². The highest BCUT2D eigenvalue weighted by Gasteiger charge is 2.21. The highest BCUT2D eigenvalue weighted by molar-refractivity contribution is 7.90. The molecule has 0 saturated heterocycles. The fourth-order valence-corrected chi connectivity index (χ4v) is 5.77. The van der Waals surface area contributed by atoms with Gasteiger partial charge < -0.3 is 24.8 Å². The second-order valence-electron chi connectivity index (χ2n) is 10.5. The van der Waals surface area contributed by atoms with Gasteiger partial charge in [0.15, 0.2) is 11.5 Å². The number of esters is 1. The smallest absolute Gasteiger partial charge is 0.325 e. The maximum atomic E-state index is 12.8. The molecule has 0 aliphatic heterocycles. The summed E-state index contributed by atoms with van der Waals surface area (Å²) in [5.41, 5.74) is 1.02. The number of carbonyl (C=O) groups excluding carboxylic acids is 4. The monoisotopic (exact) mass is 652 g/mol. The minimum Gasteiger partial charge on any atom is -0.493 e. The van der Waals surface area contributed by atoms with Crippen molar-refractivity contribution in [1.82, 2.24) is 20.3 Å². The van der Waals surface area contributed by atoms with Crippen molar-refractivity contribution in [3.8, 4) is 11.5 Å².